The zero-order valence-electron chi connectivity index (χ0n) is 34.0. The lowest BCUT2D eigenvalue weighted by molar-refractivity contribution is 0.773. The molecule has 288 valence electrons. The minimum Gasteiger partial charge on any atom is -0.310 e. The van der Waals surface area contributed by atoms with Gasteiger partial charge in [0.15, 0.2) is 0 Å². The molecule has 0 saturated carbocycles. The van der Waals surface area contributed by atoms with Crippen LogP contribution in [0.15, 0.2) is 212 Å². The van der Waals surface area contributed by atoms with E-state index in [0.717, 1.165) is 17.8 Å². The van der Waals surface area contributed by atoms with E-state index in [0.29, 0.717) is 5.92 Å². The Kier molecular flexibility index (Phi) is 8.24. The number of benzene rings is 10. The second-order valence-electron chi connectivity index (χ2n) is 16.5. The van der Waals surface area contributed by atoms with Crippen molar-refractivity contribution in [2.45, 2.75) is 19.3 Å². The summed E-state index contributed by atoms with van der Waals surface area (Å²) >= 11 is 0. The fourth-order valence-corrected chi connectivity index (χ4v) is 10.0. The van der Waals surface area contributed by atoms with E-state index in [2.05, 4.69) is 235 Å². The van der Waals surface area contributed by atoms with E-state index in [-0.39, 0.29) is 0 Å². The molecule has 0 amide bonds. The molecular formula is C59H42N2. The SMILES string of the molecule is CC1CC=Cc2c1cc(N(c1ccc(-c3ccc4c(c3)c3ccccc3n4-c3ccccc3)cc1)c1ccc(-c3cc4ccccc4c4ccccc34)cc1)c1ccccc21. The van der Waals surface area contributed by atoms with Crippen molar-refractivity contribution in [2.24, 2.45) is 0 Å². The summed E-state index contributed by atoms with van der Waals surface area (Å²) in [5, 5.41) is 10.1. The molecule has 2 heteroatoms. The highest BCUT2D eigenvalue weighted by molar-refractivity contribution is 6.14. The topological polar surface area (TPSA) is 8.17 Å². The molecule has 0 N–H and O–H groups in total. The van der Waals surface area contributed by atoms with Gasteiger partial charge in [0, 0.05) is 33.2 Å². The number of allylic oxidation sites excluding steroid dienone is 1. The van der Waals surface area contributed by atoms with Gasteiger partial charge < -0.3 is 9.47 Å². The van der Waals surface area contributed by atoms with Crippen molar-refractivity contribution in [2.75, 3.05) is 4.90 Å². The van der Waals surface area contributed by atoms with Gasteiger partial charge in [-0.3, -0.25) is 0 Å². The van der Waals surface area contributed by atoms with Crippen LogP contribution in [0, 0.1) is 0 Å². The van der Waals surface area contributed by atoms with E-state index in [4.69, 9.17) is 0 Å². The third-order valence-corrected chi connectivity index (χ3v) is 13.0. The van der Waals surface area contributed by atoms with E-state index in [9.17, 15) is 0 Å². The molecule has 0 bridgehead atoms. The predicted molar refractivity (Wildman–Crippen MR) is 261 cm³/mol. The lowest BCUT2D eigenvalue weighted by atomic mass is 9.84. The van der Waals surface area contributed by atoms with Gasteiger partial charge in [0.1, 0.15) is 0 Å². The van der Waals surface area contributed by atoms with E-state index in [1.807, 2.05) is 0 Å². The number of aromatic nitrogens is 1. The summed E-state index contributed by atoms with van der Waals surface area (Å²) in [6.45, 7) is 2.36. The number of para-hydroxylation sites is 2. The Balaban J connectivity index is 1.00. The van der Waals surface area contributed by atoms with Crippen molar-refractivity contribution in [1.29, 1.82) is 0 Å². The van der Waals surface area contributed by atoms with Gasteiger partial charge in [-0.25, -0.2) is 0 Å². The van der Waals surface area contributed by atoms with Crippen molar-refractivity contribution in [1.82, 2.24) is 4.57 Å². The third-order valence-electron chi connectivity index (χ3n) is 13.0. The Morgan fingerprint density at radius 1 is 0.443 bits per heavy atom. The molecule has 0 aliphatic heterocycles. The zero-order valence-corrected chi connectivity index (χ0v) is 34.0. The van der Waals surface area contributed by atoms with Gasteiger partial charge in [-0.15, -0.1) is 0 Å². The number of fused-ring (bicyclic) bond motifs is 9. The number of rotatable bonds is 6. The lowest BCUT2D eigenvalue weighted by Gasteiger charge is -2.30. The molecule has 0 fully saturated rings. The van der Waals surface area contributed by atoms with Gasteiger partial charge in [0.05, 0.1) is 16.7 Å². The molecule has 1 aliphatic rings. The van der Waals surface area contributed by atoms with E-state index in [1.165, 1.54) is 98.9 Å². The van der Waals surface area contributed by atoms with Gasteiger partial charge in [-0.2, -0.15) is 0 Å². The molecule has 0 saturated heterocycles. The molecular weight excluding hydrogens is 737 g/mol. The summed E-state index contributed by atoms with van der Waals surface area (Å²) in [5.74, 6) is 0.430. The van der Waals surface area contributed by atoms with E-state index < -0.39 is 0 Å². The summed E-state index contributed by atoms with van der Waals surface area (Å²) < 4.78 is 2.38. The Hall–Kier alpha value is -7.68. The van der Waals surface area contributed by atoms with Gasteiger partial charge in [-0.1, -0.05) is 159 Å². The Labute approximate surface area is 355 Å². The molecule has 2 nitrogen and oxygen atoms in total. The molecule has 12 rings (SSSR count). The van der Waals surface area contributed by atoms with E-state index in [1.54, 1.807) is 0 Å². The van der Waals surface area contributed by atoms with Crippen LogP contribution in [0.5, 0.6) is 0 Å². The fraction of sp³-hybridized carbons (Fsp3) is 0.0508. The minimum atomic E-state index is 0.430. The first-order valence-corrected chi connectivity index (χ1v) is 21.4. The molecule has 1 aromatic heterocycles. The lowest BCUT2D eigenvalue weighted by Crippen LogP contribution is -2.12. The van der Waals surface area contributed by atoms with Crippen LogP contribution >= 0.6 is 0 Å². The molecule has 10 aromatic carbocycles. The van der Waals surface area contributed by atoms with E-state index >= 15 is 0 Å². The maximum absolute atomic E-state index is 2.47. The second-order valence-corrected chi connectivity index (χ2v) is 16.5. The summed E-state index contributed by atoms with van der Waals surface area (Å²) in [6, 6.07) is 76.0. The predicted octanol–water partition coefficient (Wildman–Crippen LogP) is 16.6. The zero-order chi connectivity index (χ0) is 40.4. The summed E-state index contributed by atoms with van der Waals surface area (Å²) in [7, 11) is 0. The second kappa shape index (κ2) is 14.3. The molecule has 1 atom stereocenters. The third kappa shape index (κ3) is 5.79. The van der Waals surface area contributed by atoms with Gasteiger partial charge in [-0.05, 0) is 139 Å². The number of hydrogen-bond acceptors (Lipinski definition) is 1. The molecule has 1 unspecified atom stereocenters. The summed E-state index contributed by atoms with van der Waals surface area (Å²) in [4.78, 5) is 2.47. The van der Waals surface area contributed by atoms with Crippen molar-refractivity contribution in [3.63, 3.8) is 0 Å². The average Bonchev–Trinajstić information content (AvgIpc) is 3.66. The van der Waals surface area contributed by atoms with Crippen LogP contribution in [-0.2, 0) is 0 Å². The highest BCUT2D eigenvalue weighted by Crippen LogP contribution is 2.46. The van der Waals surface area contributed by atoms with Crippen molar-refractivity contribution < 1.29 is 0 Å². The molecule has 11 aromatic rings. The molecule has 1 aliphatic carbocycles. The molecule has 1 heterocycles. The summed E-state index contributed by atoms with van der Waals surface area (Å²) in [6.07, 6.45) is 5.71. The maximum Gasteiger partial charge on any atom is 0.0543 e. The molecule has 0 spiro atoms. The Bertz CT molecular complexity index is 3500. The smallest absolute Gasteiger partial charge is 0.0543 e. The fourth-order valence-electron chi connectivity index (χ4n) is 10.0. The standard InChI is InChI=1S/C59H42N2/c1-39-14-13-24-50-49-20-9-10-22-52(49)59(38-54(39)50)60(46-33-28-41(29-34-46)55-37-43-15-5-6-18-47(43)48-19-7-8-21-51(48)55)45-31-26-40(27-32-45)42-30-35-58-56(36-42)53-23-11-12-25-57(53)61(58)44-16-3-2-4-17-44/h2-13,15-39H,14H2,1H3. The first kappa shape index (κ1) is 35.3. The quantitative estimate of drug-likeness (QED) is 0.153. The van der Waals surface area contributed by atoms with Crippen molar-refractivity contribution >= 4 is 77.3 Å². The van der Waals surface area contributed by atoms with Crippen molar-refractivity contribution in [3.8, 4) is 27.9 Å². The van der Waals surface area contributed by atoms with Gasteiger partial charge in [0.25, 0.3) is 0 Å². The first-order chi connectivity index (χ1) is 30.2. The Morgan fingerprint density at radius 2 is 1.03 bits per heavy atom. The average molecular weight is 779 g/mol. The van der Waals surface area contributed by atoms with Crippen LogP contribution in [0.3, 0.4) is 0 Å². The number of hydrogen-bond donors (Lipinski definition) is 0. The van der Waals surface area contributed by atoms with Crippen LogP contribution in [0.1, 0.15) is 30.4 Å². The number of nitrogens with zero attached hydrogens (tertiary/aromatic N) is 2. The van der Waals surface area contributed by atoms with Crippen LogP contribution < -0.4 is 4.90 Å². The molecule has 61 heavy (non-hydrogen) atoms. The number of anilines is 3. The summed E-state index contributed by atoms with van der Waals surface area (Å²) in [5.41, 5.74) is 14.6. The van der Waals surface area contributed by atoms with Crippen LogP contribution in [-0.4, -0.2) is 4.57 Å². The minimum absolute atomic E-state index is 0.430. The first-order valence-electron chi connectivity index (χ1n) is 21.4. The van der Waals surface area contributed by atoms with Gasteiger partial charge >= 0.3 is 0 Å². The molecule has 0 radical (unpaired) electrons. The van der Waals surface area contributed by atoms with Crippen LogP contribution in [0.25, 0.3) is 88.1 Å². The highest BCUT2D eigenvalue weighted by Gasteiger charge is 2.23. The van der Waals surface area contributed by atoms with Crippen LogP contribution in [0.2, 0.25) is 0 Å². The largest absolute Gasteiger partial charge is 0.310 e. The highest BCUT2D eigenvalue weighted by atomic mass is 15.1. The normalized spacial score (nSPS) is 13.7. The maximum atomic E-state index is 2.47. The van der Waals surface area contributed by atoms with Gasteiger partial charge in [0.2, 0.25) is 0 Å². The Morgan fingerprint density at radius 3 is 1.80 bits per heavy atom. The van der Waals surface area contributed by atoms with Crippen LogP contribution in [0.4, 0.5) is 17.1 Å². The monoisotopic (exact) mass is 778 g/mol. The van der Waals surface area contributed by atoms with Crippen molar-refractivity contribution in [3.05, 3.63) is 223 Å².